The van der Waals surface area contributed by atoms with Gasteiger partial charge in [-0.3, -0.25) is 14.4 Å². The van der Waals surface area contributed by atoms with Crippen molar-refractivity contribution < 1.29 is 45.0 Å². The number of alkyl halides is 3. The van der Waals surface area contributed by atoms with Crippen LogP contribution in [-0.2, 0) is 14.4 Å². The predicted octanol–water partition coefficient (Wildman–Crippen LogP) is 0.289. The van der Waals surface area contributed by atoms with Gasteiger partial charge in [-0.15, -0.1) is 34.8 Å². The summed E-state index contributed by atoms with van der Waals surface area (Å²) in [5.41, 5.74) is -0.667. The van der Waals surface area contributed by atoms with E-state index >= 15 is 0 Å². The van der Waals surface area contributed by atoms with Crippen LogP contribution in [0.5, 0.6) is 0 Å². The van der Waals surface area contributed by atoms with Crippen LogP contribution in [0.15, 0.2) is 0 Å². The molecule has 0 heterocycles. The second-order valence-electron chi connectivity index (χ2n) is 3.91. The van der Waals surface area contributed by atoms with E-state index in [4.69, 9.17) is 65.4 Å². The highest BCUT2D eigenvalue weighted by atomic mass is 35.5. The number of halogens is 3. The van der Waals surface area contributed by atoms with E-state index < -0.39 is 23.3 Å². The standard InChI is InChI=1S/C6H14O3.3C2H3ClO2/c1-2-6(3-7,4-8)5-9;3*3-1-2(4)5/h7-9H,2-5H2,1H3;3*1H2,(H,4,5). The van der Waals surface area contributed by atoms with E-state index in [1.807, 2.05) is 6.92 Å². The van der Waals surface area contributed by atoms with Crippen LogP contribution < -0.4 is 0 Å². The van der Waals surface area contributed by atoms with Gasteiger partial charge in [0.05, 0.1) is 19.8 Å². The number of hydrogen-bond acceptors (Lipinski definition) is 6. The zero-order chi connectivity index (χ0) is 20.2. The van der Waals surface area contributed by atoms with Crippen LogP contribution in [0.4, 0.5) is 0 Å². The Labute approximate surface area is 154 Å². The highest BCUT2D eigenvalue weighted by molar-refractivity contribution is 6.26. The van der Waals surface area contributed by atoms with Crippen LogP contribution >= 0.6 is 34.8 Å². The second kappa shape index (κ2) is 22.2. The Kier molecular flexibility index (Phi) is 28.6. The fourth-order valence-electron chi connectivity index (χ4n) is 0.485. The average Bonchev–Trinajstić information content (AvgIpc) is 2.59. The van der Waals surface area contributed by atoms with Gasteiger partial charge in [0.15, 0.2) is 0 Å². The van der Waals surface area contributed by atoms with E-state index in [9.17, 15) is 14.4 Å². The minimum absolute atomic E-state index is 0.156. The van der Waals surface area contributed by atoms with E-state index in [0.29, 0.717) is 6.42 Å². The normalized spacial score (nSPS) is 9.12. The fraction of sp³-hybridized carbons (Fsp3) is 0.750. The molecule has 146 valence electrons. The molecule has 12 heteroatoms. The summed E-state index contributed by atoms with van der Waals surface area (Å²) in [6, 6.07) is 0. The third-order valence-electron chi connectivity index (χ3n) is 2.10. The lowest BCUT2D eigenvalue weighted by molar-refractivity contribution is -0.135. The lowest BCUT2D eigenvalue weighted by atomic mass is 9.88. The number of aliphatic hydroxyl groups excluding tert-OH is 3. The van der Waals surface area contributed by atoms with Crippen molar-refractivity contribution in [2.24, 2.45) is 5.41 Å². The van der Waals surface area contributed by atoms with E-state index in [2.05, 4.69) is 0 Å². The third kappa shape index (κ3) is 29.2. The molecular formula is C12H23Cl3O9. The minimum atomic E-state index is -0.980. The van der Waals surface area contributed by atoms with Gasteiger partial charge in [0.2, 0.25) is 0 Å². The first-order valence-electron chi connectivity index (χ1n) is 6.22. The largest absolute Gasteiger partial charge is 0.480 e. The molecule has 0 aromatic rings. The quantitative estimate of drug-likeness (QED) is 0.318. The molecule has 0 saturated carbocycles. The number of hydrogen-bond donors (Lipinski definition) is 6. The van der Waals surface area contributed by atoms with E-state index in [1.54, 1.807) is 0 Å². The van der Waals surface area contributed by atoms with Crippen molar-refractivity contribution in [2.45, 2.75) is 13.3 Å². The first-order chi connectivity index (χ1) is 11.1. The maximum absolute atomic E-state index is 9.24. The molecule has 9 nitrogen and oxygen atoms in total. The molecule has 0 radical (unpaired) electrons. The number of aliphatic carboxylic acids is 3. The van der Waals surface area contributed by atoms with Gasteiger partial charge in [-0.05, 0) is 6.42 Å². The summed E-state index contributed by atoms with van der Waals surface area (Å²) in [4.78, 5) is 27.7. The summed E-state index contributed by atoms with van der Waals surface area (Å²) in [6.07, 6.45) is 0.594. The Morgan fingerprint density at radius 1 is 0.708 bits per heavy atom. The molecule has 0 aliphatic carbocycles. The van der Waals surface area contributed by atoms with Gasteiger partial charge in [-0.25, -0.2) is 0 Å². The summed E-state index contributed by atoms with van der Waals surface area (Å²) in [5.74, 6) is -3.86. The first-order valence-corrected chi connectivity index (χ1v) is 7.82. The van der Waals surface area contributed by atoms with Gasteiger partial charge in [0.25, 0.3) is 0 Å². The molecule has 0 rings (SSSR count). The monoisotopic (exact) mass is 416 g/mol. The van der Waals surface area contributed by atoms with E-state index in [-0.39, 0.29) is 37.5 Å². The Bertz CT molecular complexity index is 272. The molecule has 0 aromatic heterocycles. The van der Waals surface area contributed by atoms with Gasteiger partial charge in [0, 0.05) is 5.41 Å². The number of carbonyl (C=O) groups is 3. The van der Waals surface area contributed by atoms with E-state index in [1.165, 1.54) is 0 Å². The van der Waals surface area contributed by atoms with Gasteiger partial charge in [0.1, 0.15) is 17.6 Å². The highest BCUT2D eigenvalue weighted by Crippen LogP contribution is 2.18. The molecule has 0 fully saturated rings. The molecular weight excluding hydrogens is 394 g/mol. The molecule has 0 saturated heterocycles. The maximum Gasteiger partial charge on any atom is 0.318 e. The Morgan fingerprint density at radius 3 is 0.875 bits per heavy atom. The van der Waals surface area contributed by atoms with Gasteiger partial charge in [-0.1, -0.05) is 6.92 Å². The summed E-state index contributed by atoms with van der Waals surface area (Å²) in [6.45, 7) is 1.35. The van der Waals surface area contributed by atoms with Gasteiger partial charge in [-0.2, -0.15) is 0 Å². The second-order valence-corrected chi connectivity index (χ2v) is 4.71. The third-order valence-corrected chi connectivity index (χ3v) is 2.79. The van der Waals surface area contributed by atoms with Gasteiger partial charge >= 0.3 is 17.9 Å². The van der Waals surface area contributed by atoms with Gasteiger partial charge < -0.3 is 30.6 Å². The van der Waals surface area contributed by atoms with Crippen molar-refractivity contribution in [1.29, 1.82) is 0 Å². The SMILES string of the molecule is CCC(CO)(CO)CO.O=C(O)CCl.O=C(O)CCl.O=C(O)CCl. The molecule has 0 atom stereocenters. The summed E-state index contributed by atoms with van der Waals surface area (Å²) >= 11 is 14.2. The Hall–Kier alpha value is -0.840. The van der Waals surface area contributed by atoms with Crippen molar-refractivity contribution in [3.63, 3.8) is 0 Å². The zero-order valence-corrected chi connectivity index (χ0v) is 15.3. The lowest BCUT2D eigenvalue weighted by Crippen LogP contribution is -2.32. The van der Waals surface area contributed by atoms with E-state index in [0.717, 1.165) is 0 Å². The lowest BCUT2D eigenvalue weighted by Gasteiger charge is -2.24. The Balaban J connectivity index is -0.000000116. The molecule has 0 spiro atoms. The average molecular weight is 418 g/mol. The molecule has 0 unspecified atom stereocenters. The Morgan fingerprint density at radius 2 is 0.875 bits per heavy atom. The molecule has 0 aliphatic heterocycles. The first kappa shape index (κ1) is 31.0. The smallest absolute Gasteiger partial charge is 0.318 e. The number of aliphatic hydroxyl groups is 3. The molecule has 0 bridgehead atoms. The predicted molar refractivity (Wildman–Crippen MR) is 89.0 cm³/mol. The topological polar surface area (TPSA) is 173 Å². The number of carboxylic acid groups (broad SMARTS) is 3. The fourth-order valence-corrected chi connectivity index (χ4v) is 0.485. The summed E-state index contributed by atoms with van der Waals surface area (Å²) in [7, 11) is 0. The van der Waals surface area contributed by atoms with Crippen molar-refractivity contribution >= 4 is 52.7 Å². The molecule has 0 aliphatic rings. The van der Waals surface area contributed by atoms with Crippen LogP contribution in [0.3, 0.4) is 0 Å². The molecule has 0 aromatic carbocycles. The van der Waals surface area contributed by atoms with Crippen molar-refractivity contribution in [2.75, 3.05) is 37.5 Å². The highest BCUT2D eigenvalue weighted by Gasteiger charge is 2.24. The van der Waals surface area contributed by atoms with Crippen molar-refractivity contribution in [3.05, 3.63) is 0 Å². The summed E-state index contributed by atoms with van der Waals surface area (Å²) in [5, 5.41) is 48.7. The number of carboxylic acids is 3. The van der Waals surface area contributed by atoms with Crippen molar-refractivity contribution in [3.8, 4) is 0 Å². The van der Waals surface area contributed by atoms with Crippen LogP contribution in [0.2, 0.25) is 0 Å². The van der Waals surface area contributed by atoms with Crippen LogP contribution in [0, 0.1) is 5.41 Å². The molecule has 6 N–H and O–H groups in total. The molecule has 24 heavy (non-hydrogen) atoms. The van der Waals surface area contributed by atoms with Crippen LogP contribution in [0.25, 0.3) is 0 Å². The van der Waals surface area contributed by atoms with Crippen LogP contribution in [0.1, 0.15) is 13.3 Å². The number of rotatable bonds is 7. The van der Waals surface area contributed by atoms with Crippen molar-refractivity contribution in [1.82, 2.24) is 0 Å². The zero-order valence-electron chi connectivity index (χ0n) is 13.0. The maximum atomic E-state index is 9.24. The van der Waals surface area contributed by atoms with Crippen LogP contribution in [-0.4, -0.2) is 86.0 Å². The molecule has 0 amide bonds. The summed E-state index contributed by atoms with van der Waals surface area (Å²) < 4.78 is 0. The minimum Gasteiger partial charge on any atom is -0.480 e.